The first-order valence-corrected chi connectivity index (χ1v) is 6.94. The van der Waals surface area contributed by atoms with Crippen molar-refractivity contribution in [2.75, 3.05) is 0 Å². The maximum Gasteiger partial charge on any atom is 0.0562 e. The Hall–Kier alpha value is -0.830. The lowest BCUT2D eigenvalue weighted by Crippen LogP contribution is -2.12. The molecule has 0 saturated carbocycles. The molecule has 0 aliphatic rings. The summed E-state index contributed by atoms with van der Waals surface area (Å²) in [7, 11) is 0. The zero-order valence-electron chi connectivity index (χ0n) is 10.4. The summed E-state index contributed by atoms with van der Waals surface area (Å²) in [6, 6.07) is 11.9. The highest BCUT2D eigenvalue weighted by Gasteiger charge is 2.13. The minimum absolute atomic E-state index is 0.143. The van der Waals surface area contributed by atoms with Crippen molar-refractivity contribution in [2.24, 2.45) is 5.73 Å². The molecule has 0 aliphatic carbocycles. The summed E-state index contributed by atoms with van der Waals surface area (Å²) in [5, 5.41) is 0.706. The SMILES string of the molecule is Cc1ccc(C(N)c2ccc(Cl)cc2Br)cc1C. The van der Waals surface area contributed by atoms with Crippen LogP contribution in [0.2, 0.25) is 5.02 Å². The first kappa shape index (κ1) is 13.6. The van der Waals surface area contributed by atoms with Crippen LogP contribution in [0.25, 0.3) is 0 Å². The highest BCUT2D eigenvalue weighted by Crippen LogP contribution is 2.29. The van der Waals surface area contributed by atoms with Crippen LogP contribution < -0.4 is 5.73 Å². The molecule has 0 radical (unpaired) electrons. The molecule has 1 unspecified atom stereocenters. The fourth-order valence-electron chi connectivity index (χ4n) is 1.89. The average Bonchev–Trinajstić information content (AvgIpc) is 2.32. The molecule has 2 rings (SSSR count). The molecular formula is C15H15BrClN. The minimum Gasteiger partial charge on any atom is -0.320 e. The summed E-state index contributed by atoms with van der Waals surface area (Å²) in [5.41, 5.74) is 11.0. The third kappa shape index (κ3) is 2.77. The molecule has 1 atom stereocenters. The smallest absolute Gasteiger partial charge is 0.0562 e. The number of hydrogen-bond acceptors (Lipinski definition) is 1. The van der Waals surface area contributed by atoms with Crippen LogP contribution in [0, 0.1) is 13.8 Å². The van der Waals surface area contributed by atoms with Crippen LogP contribution >= 0.6 is 27.5 Å². The van der Waals surface area contributed by atoms with Crippen LogP contribution in [-0.4, -0.2) is 0 Å². The van der Waals surface area contributed by atoms with Gasteiger partial charge in [0.15, 0.2) is 0 Å². The Labute approximate surface area is 121 Å². The van der Waals surface area contributed by atoms with Gasteiger partial charge in [0.05, 0.1) is 6.04 Å². The van der Waals surface area contributed by atoms with E-state index in [2.05, 4.69) is 48.0 Å². The maximum atomic E-state index is 6.31. The van der Waals surface area contributed by atoms with E-state index in [4.69, 9.17) is 17.3 Å². The molecule has 0 bridgehead atoms. The first-order valence-electron chi connectivity index (χ1n) is 5.76. The summed E-state index contributed by atoms with van der Waals surface area (Å²) >= 11 is 9.46. The molecule has 18 heavy (non-hydrogen) atoms. The van der Waals surface area contributed by atoms with Crippen molar-refractivity contribution in [1.29, 1.82) is 0 Å². The van der Waals surface area contributed by atoms with Gasteiger partial charge in [0.2, 0.25) is 0 Å². The zero-order chi connectivity index (χ0) is 13.3. The van der Waals surface area contributed by atoms with Crippen LogP contribution in [0.1, 0.15) is 28.3 Å². The van der Waals surface area contributed by atoms with E-state index in [0.29, 0.717) is 5.02 Å². The number of hydrogen-bond donors (Lipinski definition) is 1. The van der Waals surface area contributed by atoms with Gasteiger partial charge in [-0.2, -0.15) is 0 Å². The van der Waals surface area contributed by atoms with E-state index in [1.165, 1.54) is 11.1 Å². The van der Waals surface area contributed by atoms with E-state index in [-0.39, 0.29) is 6.04 Å². The second-order valence-electron chi connectivity index (χ2n) is 4.49. The van der Waals surface area contributed by atoms with Gasteiger partial charge in [0.1, 0.15) is 0 Å². The number of rotatable bonds is 2. The lowest BCUT2D eigenvalue weighted by molar-refractivity contribution is 0.863. The minimum atomic E-state index is -0.143. The van der Waals surface area contributed by atoms with E-state index in [9.17, 15) is 0 Å². The van der Waals surface area contributed by atoms with Gasteiger partial charge >= 0.3 is 0 Å². The summed E-state index contributed by atoms with van der Waals surface area (Å²) < 4.78 is 0.945. The molecule has 2 aromatic rings. The van der Waals surface area contributed by atoms with E-state index in [1.807, 2.05) is 18.2 Å². The predicted molar refractivity (Wildman–Crippen MR) is 81.1 cm³/mol. The third-order valence-electron chi connectivity index (χ3n) is 3.19. The molecule has 3 heteroatoms. The Balaban J connectivity index is 2.41. The normalized spacial score (nSPS) is 12.5. The van der Waals surface area contributed by atoms with Gasteiger partial charge in [0.25, 0.3) is 0 Å². The van der Waals surface area contributed by atoms with Gasteiger partial charge in [-0.25, -0.2) is 0 Å². The van der Waals surface area contributed by atoms with Crippen molar-refractivity contribution in [3.05, 3.63) is 68.1 Å². The molecule has 0 amide bonds. The Morgan fingerprint density at radius 1 is 1.06 bits per heavy atom. The highest BCUT2D eigenvalue weighted by atomic mass is 79.9. The fourth-order valence-corrected chi connectivity index (χ4v) is 2.82. The largest absolute Gasteiger partial charge is 0.320 e. The van der Waals surface area contributed by atoms with Crippen LogP contribution in [0.5, 0.6) is 0 Å². The van der Waals surface area contributed by atoms with Crippen molar-refractivity contribution in [1.82, 2.24) is 0 Å². The predicted octanol–water partition coefficient (Wildman–Crippen LogP) is 4.77. The Kier molecular flexibility index (Phi) is 4.10. The standard InChI is InChI=1S/C15H15BrClN/c1-9-3-4-11(7-10(9)2)15(18)13-6-5-12(17)8-14(13)16/h3-8,15H,18H2,1-2H3. The molecule has 0 fully saturated rings. The number of nitrogens with two attached hydrogens (primary N) is 1. The quantitative estimate of drug-likeness (QED) is 0.846. The monoisotopic (exact) mass is 323 g/mol. The Bertz CT molecular complexity index is 581. The van der Waals surface area contributed by atoms with Crippen molar-refractivity contribution in [3.63, 3.8) is 0 Å². The second kappa shape index (κ2) is 5.43. The Morgan fingerprint density at radius 3 is 2.39 bits per heavy atom. The Morgan fingerprint density at radius 2 is 1.78 bits per heavy atom. The topological polar surface area (TPSA) is 26.0 Å². The van der Waals surface area contributed by atoms with Crippen molar-refractivity contribution in [3.8, 4) is 0 Å². The number of halogens is 2. The lowest BCUT2D eigenvalue weighted by atomic mass is 9.96. The molecule has 0 spiro atoms. The molecule has 2 aromatic carbocycles. The van der Waals surface area contributed by atoms with Gasteiger partial charge in [-0.15, -0.1) is 0 Å². The average molecular weight is 325 g/mol. The van der Waals surface area contributed by atoms with Crippen LogP contribution in [0.4, 0.5) is 0 Å². The summed E-state index contributed by atoms with van der Waals surface area (Å²) in [6.45, 7) is 4.20. The zero-order valence-corrected chi connectivity index (χ0v) is 12.7. The van der Waals surface area contributed by atoms with Crippen molar-refractivity contribution in [2.45, 2.75) is 19.9 Å². The molecule has 2 N–H and O–H groups in total. The molecule has 0 heterocycles. The summed E-state index contributed by atoms with van der Waals surface area (Å²) in [6.07, 6.45) is 0. The molecule has 0 aliphatic heterocycles. The van der Waals surface area contributed by atoms with Crippen LogP contribution in [0.15, 0.2) is 40.9 Å². The summed E-state index contributed by atoms with van der Waals surface area (Å²) in [4.78, 5) is 0. The van der Waals surface area contributed by atoms with Gasteiger partial charge in [-0.3, -0.25) is 0 Å². The highest BCUT2D eigenvalue weighted by molar-refractivity contribution is 9.10. The number of aryl methyl sites for hydroxylation is 2. The summed E-state index contributed by atoms with van der Waals surface area (Å²) in [5.74, 6) is 0. The van der Waals surface area contributed by atoms with Gasteiger partial charge in [-0.1, -0.05) is 51.8 Å². The first-order chi connectivity index (χ1) is 8.49. The van der Waals surface area contributed by atoms with Crippen LogP contribution in [-0.2, 0) is 0 Å². The third-order valence-corrected chi connectivity index (χ3v) is 4.11. The second-order valence-corrected chi connectivity index (χ2v) is 5.78. The number of benzene rings is 2. The van der Waals surface area contributed by atoms with Crippen LogP contribution in [0.3, 0.4) is 0 Å². The molecule has 0 aromatic heterocycles. The van der Waals surface area contributed by atoms with E-state index in [0.717, 1.165) is 15.6 Å². The van der Waals surface area contributed by atoms with Crippen molar-refractivity contribution < 1.29 is 0 Å². The van der Waals surface area contributed by atoms with Crippen molar-refractivity contribution >= 4 is 27.5 Å². The molecule has 1 nitrogen and oxygen atoms in total. The molecule has 0 saturated heterocycles. The fraction of sp³-hybridized carbons (Fsp3) is 0.200. The lowest BCUT2D eigenvalue weighted by Gasteiger charge is -2.16. The van der Waals surface area contributed by atoms with E-state index >= 15 is 0 Å². The van der Waals surface area contributed by atoms with Gasteiger partial charge < -0.3 is 5.73 Å². The molecular weight excluding hydrogens is 310 g/mol. The van der Waals surface area contributed by atoms with Gasteiger partial charge in [-0.05, 0) is 48.2 Å². The van der Waals surface area contributed by atoms with Gasteiger partial charge in [0, 0.05) is 9.50 Å². The molecule has 94 valence electrons. The maximum absolute atomic E-state index is 6.31. The van der Waals surface area contributed by atoms with E-state index < -0.39 is 0 Å². The van der Waals surface area contributed by atoms with E-state index in [1.54, 1.807) is 0 Å².